The monoisotopic (exact) mass is 1020 g/mol. The van der Waals surface area contributed by atoms with E-state index in [0.717, 1.165) is 11.1 Å². The van der Waals surface area contributed by atoms with Crippen LogP contribution in [0.2, 0.25) is 10.0 Å². The fourth-order valence-electron chi connectivity index (χ4n) is 7.28. The summed E-state index contributed by atoms with van der Waals surface area (Å²) in [5.74, 6) is 4.04. The second-order valence-electron chi connectivity index (χ2n) is 16.0. The molecule has 2 aromatic heterocycles. The summed E-state index contributed by atoms with van der Waals surface area (Å²) >= 11 is 12.2. The van der Waals surface area contributed by atoms with Gasteiger partial charge in [0.15, 0.2) is 5.75 Å². The predicted octanol–water partition coefficient (Wildman–Crippen LogP) is 5.19. The van der Waals surface area contributed by atoms with E-state index in [2.05, 4.69) is 29.2 Å². The Labute approximate surface area is 421 Å². The van der Waals surface area contributed by atoms with Crippen LogP contribution in [0.4, 0.5) is 5.69 Å². The van der Waals surface area contributed by atoms with E-state index in [9.17, 15) is 29.1 Å². The molecule has 3 heterocycles. The number of anilines is 1. The van der Waals surface area contributed by atoms with Crippen molar-refractivity contribution >= 4 is 64.0 Å². The number of halogens is 2. The van der Waals surface area contributed by atoms with Crippen LogP contribution in [0, 0.1) is 0 Å². The lowest BCUT2D eigenvalue weighted by molar-refractivity contribution is -0.139. The largest absolute Gasteiger partial charge is 0.489 e. The molecule has 19 nitrogen and oxygen atoms in total. The zero-order chi connectivity index (χ0) is 51.5. The summed E-state index contributed by atoms with van der Waals surface area (Å²) in [7, 11) is 1.51. The molecular weight excluding hydrogens is 958 g/mol. The van der Waals surface area contributed by atoms with Gasteiger partial charge < -0.3 is 50.7 Å². The van der Waals surface area contributed by atoms with Gasteiger partial charge in [-0.05, 0) is 22.8 Å². The molecule has 8 N–H and O–H groups in total. The Hall–Kier alpha value is -6.87. The number of nitrogens with zero attached hydrogens (tertiary/aromatic N) is 5. The highest BCUT2D eigenvalue weighted by Crippen LogP contribution is 2.37. The number of hydrogen-bond donors (Lipinski definition) is 5. The number of carboxylic acid groups (broad SMARTS) is 1. The van der Waals surface area contributed by atoms with Crippen molar-refractivity contribution in [1.82, 2.24) is 25.1 Å². The van der Waals surface area contributed by atoms with Crippen LogP contribution < -0.4 is 37.8 Å². The summed E-state index contributed by atoms with van der Waals surface area (Å²) in [5, 5.41) is 17.9. The maximum absolute atomic E-state index is 13.4. The average Bonchev–Trinajstić information content (AvgIpc) is 3.34. The molecule has 378 valence electrons. The number of rotatable bonds is 23. The number of para-hydroxylation sites is 1. The summed E-state index contributed by atoms with van der Waals surface area (Å²) in [6.07, 6.45) is 4.97. The van der Waals surface area contributed by atoms with Crippen LogP contribution in [0.15, 0.2) is 96.2 Å². The van der Waals surface area contributed by atoms with Crippen molar-refractivity contribution in [2.75, 3.05) is 57.7 Å². The summed E-state index contributed by atoms with van der Waals surface area (Å²) in [6, 6.07) is 20.1. The molecule has 5 aromatic rings. The smallest absolute Gasteiger partial charge is 0.326 e. The Kier molecular flexibility index (Phi) is 21.3. The van der Waals surface area contributed by atoms with Crippen LogP contribution in [-0.4, -0.2) is 107 Å². The van der Waals surface area contributed by atoms with E-state index < -0.39 is 29.4 Å². The minimum Gasteiger partial charge on any atom is -0.489 e. The number of nitrogens with two attached hydrogens (primary N) is 3. The Balaban J connectivity index is 0.00000305. The van der Waals surface area contributed by atoms with Gasteiger partial charge in [-0.1, -0.05) is 110 Å². The molecule has 1 unspecified atom stereocenters. The average molecular weight is 1020 g/mol. The minimum atomic E-state index is -1.31. The first kappa shape index (κ1) is 55.1. The van der Waals surface area contributed by atoms with Crippen LogP contribution in [-0.2, 0) is 48.6 Å². The second-order valence-corrected chi connectivity index (χ2v) is 16.8. The summed E-state index contributed by atoms with van der Waals surface area (Å²) < 4.78 is 24.3. The lowest BCUT2D eigenvalue weighted by atomic mass is 9.95. The first-order valence-electron chi connectivity index (χ1n) is 22.8. The van der Waals surface area contributed by atoms with E-state index in [-0.39, 0.29) is 91.7 Å². The molecule has 0 saturated heterocycles. The van der Waals surface area contributed by atoms with E-state index in [0.29, 0.717) is 53.5 Å². The number of carbonyl (C=O) groups excluding carboxylic acids is 3. The molecule has 3 amide bonds. The van der Waals surface area contributed by atoms with Gasteiger partial charge in [0.25, 0.3) is 11.5 Å². The Bertz CT molecular complexity index is 2700. The van der Waals surface area contributed by atoms with Crippen LogP contribution >= 0.6 is 23.2 Å². The highest BCUT2D eigenvalue weighted by atomic mass is 35.5. The highest BCUT2D eigenvalue weighted by Gasteiger charge is 2.28. The van der Waals surface area contributed by atoms with Gasteiger partial charge in [-0.3, -0.25) is 24.2 Å². The number of carboxylic acids is 1. The quantitative estimate of drug-likeness (QED) is 0.0320. The molecule has 0 radical (unpaired) electrons. The van der Waals surface area contributed by atoms with E-state index >= 15 is 0 Å². The van der Waals surface area contributed by atoms with Crippen LogP contribution in [0.1, 0.15) is 65.7 Å². The van der Waals surface area contributed by atoms with Gasteiger partial charge in [0.1, 0.15) is 12.6 Å². The topological polar surface area (TPSA) is 270 Å². The molecular formula is C50H59Cl2N9O10. The first-order valence-corrected chi connectivity index (χ1v) is 23.5. The van der Waals surface area contributed by atoms with Gasteiger partial charge in [-0.15, -0.1) is 0 Å². The number of carbonyl (C=O) groups is 4. The van der Waals surface area contributed by atoms with Crippen molar-refractivity contribution in [2.45, 2.75) is 52.1 Å². The summed E-state index contributed by atoms with van der Waals surface area (Å²) in [6.45, 7) is 6.49. The maximum Gasteiger partial charge on any atom is 0.326 e. The van der Waals surface area contributed by atoms with Gasteiger partial charge in [0.2, 0.25) is 11.8 Å². The number of hydrogen-bond acceptors (Lipinski definition) is 14. The molecule has 71 heavy (non-hydrogen) atoms. The molecule has 0 spiro atoms. The Morgan fingerprint density at radius 2 is 1.42 bits per heavy atom. The van der Waals surface area contributed by atoms with E-state index in [4.69, 9.17) is 59.5 Å². The van der Waals surface area contributed by atoms with Crippen molar-refractivity contribution in [3.05, 3.63) is 140 Å². The van der Waals surface area contributed by atoms with Crippen LogP contribution in [0.5, 0.6) is 5.75 Å². The number of pyridine rings is 1. The van der Waals surface area contributed by atoms with E-state index in [1.165, 1.54) is 36.7 Å². The minimum absolute atomic E-state index is 0.0211. The molecule has 6 rings (SSSR count). The number of nitrogens with one attached hydrogen (secondary N) is 1. The molecule has 3 aromatic carbocycles. The molecule has 21 heteroatoms. The van der Waals surface area contributed by atoms with Gasteiger partial charge in [-0.2, -0.15) is 5.10 Å². The molecule has 0 fully saturated rings. The number of aliphatic carboxylic acids is 1. The first-order chi connectivity index (χ1) is 34.2. The number of benzene rings is 3. The lowest BCUT2D eigenvalue weighted by Crippen LogP contribution is -2.42. The number of aromatic nitrogens is 3. The zero-order valence-electron chi connectivity index (χ0n) is 39.8. The van der Waals surface area contributed by atoms with Crippen LogP contribution in [0.3, 0.4) is 0 Å². The molecule has 0 saturated carbocycles. The predicted molar refractivity (Wildman–Crippen MR) is 270 cm³/mol. The third-order valence-electron chi connectivity index (χ3n) is 10.7. The van der Waals surface area contributed by atoms with Gasteiger partial charge >= 0.3 is 5.97 Å². The maximum atomic E-state index is 13.4. The molecule has 1 atom stereocenters. The second kappa shape index (κ2) is 27.5. The van der Waals surface area contributed by atoms with Crippen LogP contribution in [0.25, 0.3) is 22.5 Å². The van der Waals surface area contributed by atoms with Crippen molar-refractivity contribution < 1.29 is 43.2 Å². The lowest BCUT2D eigenvalue weighted by Gasteiger charge is -2.33. The van der Waals surface area contributed by atoms with Crippen molar-refractivity contribution in [3.8, 4) is 16.9 Å². The number of amides is 3. The van der Waals surface area contributed by atoms with Crippen molar-refractivity contribution in [3.63, 3.8) is 0 Å². The Morgan fingerprint density at radius 1 is 0.831 bits per heavy atom. The summed E-state index contributed by atoms with van der Waals surface area (Å²) in [5.41, 5.74) is 16.8. The van der Waals surface area contributed by atoms with Crippen molar-refractivity contribution in [2.24, 2.45) is 24.4 Å². The molecule has 0 aliphatic carbocycles. The molecule has 1 aliphatic rings. The number of aryl methyl sites for hydroxylation is 1. The van der Waals surface area contributed by atoms with Crippen molar-refractivity contribution in [1.29, 1.82) is 0 Å². The summed E-state index contributed by atoms with van der Waals surface area (Å²) in [4.78, 5) is 68.4. The Morgan fingerprint density at radius 3 is 2.06 bits per heavy atom. The molecule has 1 aliphatic heterocycles. The number of ether oxygens (including phenoxy) is 4. The van der Waals surface area contributed by atoms with E-state index in [1.807, 2.05) is 48.5 Å². The highest BCUT2D eigenvalue weighted by molar-refractivity contribution is 6.39. The fourth-order valence-corrected chi connectivity index (χ4v) is 7.81. The third-order valence-corrected chi connectivity index (χ3v) is 11.3. The van der Waals surface area contributed by atoms with E-state index in [1.54, 1.807) is 34.2 Å². The number of primary amides is 1. The normalized spacial score (nSPS) is 13.4. The zero-order valence-corrected chi connectivity index (χ0v) is 41.3. The molecule has 0 bridgehead atoms. The third kappa shape index (κ3) is 15.3. The SMILES string of the molecule is CCC.Cn1ncc(OCCOCCOCCOCCN(N)/C2=C(\N)c3ccccc3N(C(=O)CCC(N)=O)Cc3ccccc32)c(-c2ccc(CC(NC(=O)c3c(Cl)cncc3Cl)C(=O)O)cc2)c1=O. The number of hydrazine groups is 1. The van der Waals surface area contributed by atoms with Gasteiger partial charge in [-0.25, -0.2) is 15.3 Å². The standard InChI is InChI=1S/C47H51Cl2N9O10.C3H8/c1-56-46(62)41(30-12-10-29(11-13-30)24-36(47(63)64)55-45(61)42-34(48)25-53-26-35(42)49)38(27-54-56)68-23-22-67-21-20-66-19-18-65-17-16-58(52)44-32-7-3-2-6-31(32)28-57(40(60)15-14-39(50)59)37-9-5-4-8-33(37)43(44)51;1-3-2/h2-13,25-27,36H,14-24,28,51-52H2,1H3,(H2,50,59)(H,55,61)(H,63,64);3H2,1-2H3/b44-43-;. The van der Waals surface area contributed by atoms with Gasteiger partial charge in [0.05, 0.1) is 97.2 Å². The van der Waals surface area contributed by atoms with Gasteiger partial charge in [0, 0.05) is 49.8 Å². The fraction of sp³-hybridized carbons (Fsp3) is 0.340. The number of fused-ring (bicyclic) bond motifs is 2.